The van der Waals surface area contributed by atoms with Crippen LogP contribution in [0.25, 0.3) is 6.08 Å². The van der Waals surface area contributed by atoms with Gasteiger partial charge in [-0.3, -0.25) is 0 Å². The molecular weight excluding hydrogens is 460 g/mol. The summed E-state index contributed by atoms with van der Waals surface area (Å²) in [6, 6.07) is 25.1. The van der Waals surface area contributed by atoms with E-state index in [-0.39, 0.29) is 11.1 Å². The normalized spacial score (nSPS) is 14.1. The first-order valence-corrected chi connectivity index (χ1v) is 15.8. The van der Waals surface area contributed by atoms with Crippen LogP contribution in [0.15, 0.2) is 78.9 Å². The molecule has 0 saturated heterocycles. The van der Waals surface area contributed by atoms with Crippen LogP contribution in [0.4, 0.5) is 5.69 Å². The minimum atomic E-state index is -2.01. The number of benzene rings is 3. The highest BCUT2D eigenvalue weighted by Crippen LogP contribution is 2.43. The van der Waals surface area contributed by atoms with Crippen LogP contribution >= 0.6 is 0 Å². The number of hydrogen-bond acceptors (Lipinski definition) is 4. The van der Waals surface area contributed by atoms with Crippen LogP contribution in [0.3, 0.4) is 0 Å². The van der Waals surface area contributed by atoms with E-state index < -0.39 is 8.32 Å². The molecule has 3 aromatic rings. The Hall–Kier alpha value is -2.86. The molecule has 0 amide bonds. The van der Waals surface area contributed by atoms with Gasteiger partial charge in [-0.1, -0.05) is 99.7 Å². The molecule has 0 unspecified atom stereocenters. The van der Waals surface area contributed by atoms with Crippen LogP contribution in [0.2, 0.25) is 18.1 Å². The fourth-order valence-corrected chi connectivity index (χ4v) is 5.42. The van der Waals surface area contributed by atoms with Crippen LogP contribution in [-0.2, 0) is 17.6 Å². The molecular formula is C31H40N2O2Si. The second kappa shape index (κ2) is 11.5. The Kier molecular flexibility index (Phi) is 8.34. The van der Waals surface area contributed by atoms with E-state index in [1.165, 1.54) is 11.1 Å². The van der Waals surface area contributed by atoms with Crippen molar-refractivity contribution in [3.8, 4) is 5.75 Å². The summed E-state index contributed by atoms with van der Waals surface area (Å²) in [4.78, 5) is 0. The Balaban J connectivity index is 1.61. The van der Waals surface area contributed by atoms with Crippen molar-refractivity contribution in [2.45, 2.75) is 58.2 Å². The van der Waals surface area contributed by atoms with E-state index in [1.807, 2.05) is 18.2 Å². The minimum Gasteiger partial charge on any atom is -0.487 e. The van der Waals surface area contributed by atoms with Crippen molar-refractivity contribution in [1.29, 1.82) is 0 Å². The lowest BCUT2D eigenvalue weighted by Gasteiger charge is -2.40. The monoisotopic (exact) mass is 500 g/mol. The van der Waals surface area contributed by atoms with E-state index in [1.54, 1.807) is 0 Å². The third-order valence-electron chi connectivity index (χ3n) is 7.25. The van der Waals surface area contributed by atoms with E-state index in [2.05, 4.69) is 111 Å². The second-order valence-electron chi connectivity index (χ2n) is 11.0. The topological polar surface area (TPSA) is 42.5 Å². The second-order valence-corrected chi connectivity index (χ2v) is 15.7. The van der Waals surface area contributed by atoms with Crippen LogP contribution in [0.1, 0.15) is 49.1 Å². The first kappa shape index (κ1) is 26.2. The van der Waals surface area contributed by atoms with E-state index in [9.17, 15) is 0 Å². The van der Waals surface area contributed by atoms with Gasteiger partial charge in [0.15, 0.2) is 8.32 Å². The molecule has 0 fully saturated rings. The fraction of sp³-hybridized carbons (Fsp3) is 0.355. The molecule has 1 heterocycles. The lowest BCUT2D eigenvalue weighted by molar-refractivity contribution is 0.179. The molecule has 0 saturated carbocycles. The van der Waals surface area contributed by atoms with E-state index in [0.29, 0.717) is 6.61 Å². The molecule has 0 radical (unpaired) electrons. The molecule has 4 nitrogen and oxygen atoms in total. The van der Waals surface area contributed by atoms with Crippen molar-refractivity contribution in [2.75, 3.05) is 18.4 Å². The Morgan fingerprint density at radius 1 is 0.917 bits per heavy atom. The zero-order chi connectivity index (χ0) is 25.6. The molecule has 1 aliphatic rings. The highest BCUT2D eigenvalue weighted by Gasteiger charge is 2.40. The predicted octanol–water partition coefficient (Wildman–Crippen LogP) is 7.56. The van der Waals surface area contributed by atoms with Gasteiger partial charge >= 0.3 is 0 Å². The highest BCUT2D eigenvalue weighted by atomic mass is 28.4. The van der Waals surface area contributed by atoms with E-state index >= 15 is 0 Å². The maximum Gasteiger partial charge on any atom is 0.192 e. The molecule has 2 N–H and O–H groups in total. The summed E-state index contributed by atoms with van der Waals surface area (Å²) in [7, 11) is -2.01. The number of anilines is 1. The summed E-state index contributed by atoms with van der Waals surface area (Å²) >= 11 is 0. The van der Waals surface area contributed by atoms with Crippen molar-refractivity contribution < 1.29 is 9.16 Å². The molecule has 1 aliphatic heterocycles. The van der Waals surface area contributed by atoms with Crippen LogP contribution in [-0.4, -0.2) is 21.4 Å². The van der Waals surface area contributed by atoms with Crippen LogP contribution < -0.4 is 15.4 Å². The number of fused-ring (bicyclic) bond motifs is 1. The zero-order valence-electron chi connectivity index (χ0n) is 22.3. The van der Waals surface area contributed by atoms with Gasteiger partial charge in [-0.05, 0) is 40.9 Å². The number of hydrogen-bond donors (Lipinski definition) is 2. The van der Waals surface area contributed by atoms with Crippen LogP contribution in [0.5, 0.6) is 5.75 Å². The maximum absolute atomic E-state index is 7.04. The number of rotatable bonds is 10. The van der Waals surface area contributed by atoms with Crippen molar-refractivity contribution in [3.63, 3.8) is 0 Å². The smallest absolute Gasteiger partial charge is 0.192 e. The van der Waals surface area contributed by atoms with Gasteiger partial charge in [-0.25, -0.2) is 0 Å². The van der Waals surface area contributed by atoms with Gasteiger partial charge in [0.05, 0.1) is 11.8 Å². The number of nitrogens with one attached hydrogen (secondary N) is 2. The third kappa shape index (κ3) is 6.47. The summed E-state index contributed by atoms with van der Waals surface area (Å²) in [6.07, 6.45) is 4.33. The summed E-state index contributed by atoms with van der Waals surface area (Å²) in [5, 5.41) is 7.35. The summed E-state index contributed by atoms with van der Waals surface area (Å²) in [6.45, 7) is 14.4. The molecule has 0 bridgehead atoms. The first-order chi connectivity index (χ1) is 17.2. The van der Waals surface area contributed by atoms with Gasteiger partial charge in [-0.2, -0.15) is 0 Å². The average Bonchev–Trinajstić information content (AvgIpc) is 2.87. The van der Waals surface area contributed by atoms with Gasteiger partial charge in [0, 0.05) is 25.2 Å². The van der Waals surface area contributed by atoms with Crippen molar-refractivity contribution in [3.05, 3.63) is 101 Å². The Morgan fingerprint density at radius 3 is 2.25 bits per heavy atom. The lowest BCUT2D eigenvalue weighted by atomic mass is 9.97. The molecule has 0 aromatic heterocycles. The summed E-state index contributed by atoms with van der Waals surface area (Å²) in [5.74, 6) is 0.880. The molecule has 0 aliphatic carbocycles. The van der Waals surface area contributed by atoms with Gasteiger partial charge < -0.3 is 19.8 Å². The van der Waals surface area contributed by atoms with E-state index in [4.69, 9.17) is 9.16 Å². The molecule has 4 rings (SSSR count). The number of ether oxygens (including phenoxy) is 1. The Morgan fingerprint density at radius 2 is 1.58 bits per heavy atom. The standard InChI is InChI=1S/C31H40N2O2Si/c1-31(2,3)36(4,5)35-29(22-32-21-24-13-8-6-9-14-24)26-18-19-28(30-27(26)17-12-20-33-30)34-23-25-15-10-7-11-16-25/h6-19,29,32-33H,20-23H2,1-5H3/t29-/m0/s1. The van der Waals surface area contributed by atoms with Crippen molar-refractivity contribution in [2.24, 2.45) is 0 Å². The first-order valence-electron chi connectivity index (χ1n) is 12.9. The maximum atomic E-state index is 7.04. The molecule has 1 atom stereocenters. The Labute approximate surface area is 217 Å². The van der Waals surface area contributed by atoms with Gasteiger partial charge in [0.2, 0.25) is 0 Å². The average molecular weight is 501 g/mol. The van der Waals surface area contributed by atoms with Crippen molar-refractivity contribution >= 4 is 20.1 Å². The van der Waals surface area contributed by atoms with Gasteiger partial charge in [0.1, 0.15) is 12.4 Å². The lowest BCUT2D eigenvalue weighted by Crippen LogP contribution is -2.43. The zero-order valence-corrected chi connectivity index (χ0v) is 23.3. The third-order valence-corrected chi connectivity index (χ3v) is 11.7. The largest absolute Gasteiger partial charge is 0.487 e. The fourth-order valence-electron chi connectivity index (χ4n) is 4.14. The van der Waals surface area contributed by atoms with Crippen LogP contribution in [0, 0.1) is 0 Å². The SMILES string of the molecule is CC(C)(C)[Si](C)(C)O[C@@H](CNCc1ccccc1)c1ccc(OCc2ccccc2)c2c1C=CCN2. The van der Waals surface area contributed by atoms with Crippen molar-refractivity contribution in [1.82, 2.24) is 5.32 Å². The summed E-state index contributed by atoms with van der Waals surface area (Å²) in [5.41, 5.74) is 5.85. The van der Waals surface area contributed by atoms with Gasteiger partial charge in [0.25, 0.3) is 0 Å². The molecule has 36 heavy (non-hydrogen) atoms. The molecule has 190 valence electrons. The Bertz CT molecular complexity index is 1150. The molecule has 5 heteroatoms. The van der Waals surface area contributed by atoms with E-state index in [0.717, 1.165) is 42.2 Å². The predicted molar refractivity (Wildman–Crippen MR) is 154 cm³/mol. The quantitative estimate of drug-likeness (QED) is 0.282. The summed E-state index contributed by atoms with van der Waals surface area (Å²) < 4.78 is 13.3. The molecule has 3 aromatic carbocycles. The van der Waals surface area contributed by atoms with Gasteiger partial charge in [-0.15, -0.1) is 0 Å². The minimum absolute atomic E-state index is 0.0592. The highest BCUT2D eigenvalue weighted by molar-refractivity contribution is 6.74. The molecule has 0 spiro atoms.